The van der Waals surface area contributed by atoms with Gasteiger partial charge in [0.15, 0.2) is 0 Å². The summed E-state index contributed by atoms with van der Waals surface area (Å²) >= 11 is 1.85. The molecular weight excluding hydrogens is 312 g/mol. The highest BCUT2D eigenvalue weighted by Gasteiger charge is 2.44. The van der Waals surface area contributed by atoms with Crippen molar-refractivity contribution >= 4 is 11.3 Å². The van der Waals surface area contributed by atoms with Crippen molar-refractivity contribution in [2.75, 3.05) is 6.61 Å². The first-order valence-electron chi connectivity index (χ1n) is 8.94. The molecule has 0 bridgehead atoms. The first-order valence-corrected chi connectivity index (χ1v) is 9.76. The Morgan fingerprint density at radius 1 is 0.958 bits per heavy atom. The standard InChI is InChI=1S/C22H27OS/c1-14-7-8-19(24-14)22(6)13-23-18-12-16-15(11-17(18)22)20(2,3)9-10-21(16,4)5/h8,11-12H,9-10,13H2,1-6H3. The SMILES string of the molecule is Cc1[c]cc(C2(C)COc3cc4c(cc32)C(C)(C)CCC4(C)C)s1. The Bertz CT molecular complexity index is 811. The number of hydrogen-bond donors (Lipinski definition) is 0. The van der Waals surface area contributed by atoms with Crippen LogP contribution in [0.4, 0.5) is 0 Å². The zero-order valence-electron chi connectivity index (χ0n) is 15.7. The van der Waals surface area contributed by atoms with Gasteiger partial charge in [0.1, 0.15) is 12.4 Å². The fourth-order valence-electron chi connectivity index (χ4n) is 4.31. The van der Waals surface area contributed by atoms with E-state index >= 15 is 0 Å². The summed E-state index contributed by atoms with van der Waals surface area (Å²) in [6.07, 6.45) is 2.48. The van der Waals surface area contributed by atoms with Gasteiger partial charge in [-0.1, -0.05) is 33.8 Å². The van der Waals surface area contributed by atoms with E-state index in [1.54, 1.807) is 0 Å². The predicted octanol–water partition coefficient (Wildman–Crippen LogP) is 5.90. The Morgan fingerprint density at radius 3 is 2.17 bits per heavy atom. The second-order valence-corrected chi connectivity index (χ2v) is 10.3. The van der Waals surface area contributed by atoms with Crippen molar-refractivity contribution in [3.8, 4) is 5.75 Å². The predicted molar refractivity (Wildman–Crippen MR) is 102 cm³/mol. The third-order valence-electron chi connectivity index (χ3n) is 6.28. The van der Waals surface area contributed by atoms with Crippen molar-refractivity contribution < 1.29 is 4.74 Å². The van der Waals surface area contributed by atoms with Gasteiger partial charge in [-0.2, -0.15) is 0 Å². The van der Waals surface area contributed by atoms with Gasteiger partial charge in [0.05, 0.1) is 5.41 Å². The summed E-state index contributed by atoms with van der Waals surface area (Å²) in [5, 5.41) is 0. The van der Waals surface area contributed by atoms with Crippen molar-refractivity contribution in [3.05, 3.63) is 50.7 Å². The second-order valence-electron chi connectivity index (χ2n) is 9.09. The van der Waals surface area contributed by atoms with Gasteiger partial charge in [0.2, 0.25) is 0 Å². The van der Waals surface area contributed by atoms with Gasteiger partial charge in [-0.05, 0) is 66.8 Å². The zero-order valence-corrected chi connectivity index (χ0v) is 16.5. The molecule has 0 N–H and O–H groups in total. The third-order valence-corrected chi connectivity index (χ3v) is 7.49. The van der Waals surface area contributed by atoms with E-state index in [1.165, 1.54) is 39.3 Å². The summed E-state index contributed by atoms with van der Waals surface area (Å²) in [5.74, 6) is 1.09. The topological polar surface area (TPSA) is 9.23 Å². The minimum Gasteiger partial charge on any atom is -0.492 e. The Hall–Kier alpha value is -1.28. The molecule has 1 atom stereocenters. The molecule has 127 valence electrons. The molecule has 1 aromatic heterocycles. The van der Waals surface area contributed by atoms with Gasteiger partial charge in [-0.15, -0.1) is 11.3 Å². The van der Waals surface area contributed by atoms with Crippen LogP contribution in [0.2, 0.25) is 0 Å². The monoisotopic (exact) mass is 339 g/mol. The van der Waals surface area contributed by atoms with Crippen molar-refractivity contribution in [1.82, 2.24) is 0 Å². The van der Waals surface area contributed by atoms with Crippen LogP contribution in [0.15, 0.2) is 18.2 Å². The fourth-order valence-corrected chi connectivity index (χ4v) is 5.27. The normalized spacial score (nSPS) is 26.6. The molecule has 0 amide bonds. The molecule has 0 spiro atoms. The molecule has 2 aromatic rings. The van der Waals surface area contributed by atoms with Crippen LogP contribution in [0.5, 0.6) is 5.75 Å². The van der Waals surface area contributed by atoms with Crippen LogP contribution in [0.1, 0.15) is 73.9 Å². The van der Waals surface area contributed by atoms with Crippen LogP contribution < -0.4 is 4.74 Å². The highest BCUT2D eigenvalue weighted by molar-refractivity contribution is 7.12. The maximum absolute atomic E-state index is 6.20. The number of rotatable bonds is 1. The van der Waals surface area contributed by atoms with Crippen LogP contribution in [0.25, 0.3) is 0 Å². The summed E-state index contributed by atoms with van der Waals surface area (Å²) in [5.41, 5.74) is 4.79. The molecule has 2 heterocycles. The Morgan fingerprint density at radius 2 is 1.58 bits per heavy atom. The van der Waals surface area contributed by atoms with E-state index in [2.05, 4.69) is 65.8 Å². The quantitative estimate of drug-likeness (QED) is 0.628. The Balaban J connectivity index is 1.92. The number of ether oxygens (including phenoxy) is 1. The first kappa shape index (κ1) is 16.2. The van der Waals surface area contributed by atoms with E-state index in [9.17, 15) is 0 Å². The smallest absolute Gasteiger partial charge is 0.123 e. The summed E-state index contributed by atoms with van der Waals surface area (Å²) in [4.78, 5) is 2.62. The van der Waals surface area contributed by atoms with E-state index in [0.29, 0.717) is 0 Å². The van der Waals surface area contributed by atoms with Crippen LogP contribution in [0.3, 0.4) is 0 Å². The lowest BCUT2D eigenvalue weighted by Crippen LogP contribution is -2.34. The first-order chi connectivity index (χ1) is 11.1. The van der Waals surface area contributed by atoms with Crippen molar-refractivity contribution in [2.24, 2.45) is 0 Å². The lowest BCUT2D eigenvalue weighted by molar-refractivity contribution is 0.303. The van der Waals surface area contributed by atoms with Crippen molar-refractivity contribution in [3.63, 3.8) is 0 Å². The van der Waals surface area contributed by atoms with Crippen LogP contribution >= 0.6 is 11.3 Å². The van der Waals surface area contributed by atoms with E-state index in [-0.39, 0.29) is 16.2 Å². The maximum Gasteiger partial charge on any atom is 0.123 e. The van der Waals surface area contributed by atoms with Crippen molar-refractivity contribution in [1.29, 1.82) is 0 Å². The molecule has 24 heavy (non-hydrogen) atoms. The third kappa shape index (κ3) is 2.19. The molecule has 1 nitrogen and oxygen atoms in total. The van der Waals surface area contributed by atoms with E-state index in [1.807, 2.05) is 11.3 Å². The summed E-state index contributed by atoms with van der Waals surface area (Å²) in [6, 6.07) is 10.3. The summed E-state index contributed by atoms with van der Waals surface area (Å²) in [6.45, 7) is 14.7. The minimum absolute atomic E-state index is 0.0442. The lowest BCUT2D eigenvalue weighted by atomic mass is 9.62. The molecule has 4 rings (SSSR count). The summed E-state index contributed by atoms with van der Waals surface area (Å²) in [7, 11) is 0. The largest absolute Gasteiger partial charge is 0.492 e. The molecule has 2 aliphatic rings. The molecular formula is C22H27OS. The second kappa shape index (κ2) is 4.88. The van der Waals surface area contributed by atoms with Crippen LogP contribution in [-0.4, -0.2) is 6.61 Å². The van der Waals surface area contributed by atoms with Gasteiger partial charge in [0, 0.05) is 15.3 Å². The molecule has 1 radical (unpaired) electrons. The number of thiophene rings is 1. The van der Waals surface area contributed by atoms with E-state index in [0.717, 1.165) is 12.4 Å². The maximum atomic E-state index is 6.20. The minimum atomic E-state index is -0.0442. The highest BCUT2D eigenvalue weighted by atomic mass is 32.1. The van der Waals surface area contributed by atoms with E-state index < -0.39 is 0 Å². The number of aryl methyl sites for hydroxylation is 1. The van der Waals surface area contributed by atoms with Crippen molar-refractivity contribution in [2.45, 2.75) is 70.6 Å². The molecule has 0 saturated heterocycles. The van der Waals surface area contributed by atoms with Gasteiger partial charge in [-0.25, -0.2) is 0 Å². The molecule has 0 saturated carbocycles. The Kier molecular flexibility index (Phi) is 3.29. The fraction of sp³-hybridized carbons (Fsp3) is 0.545. The number of benzene rings is 1. The molecule has 1 unspecified atom stereocenters. The zero-order chi connectivity index (χ0) is 17.3. The summed E-state index contributed by atoms with van der Waals surface area (Å²) < 4.78 is 6.20. The molecule has 1 aliphatic heterocycles. The van der Waals surface area contributed by atoms with Gasteiger partial charge >= 0.3 is 0 Å². The van der Waals surface area contributed by atoms with Gasteiger partial charge in [-0.3, -0.25) is 0 Å². The molecule has 1 aliphatic carbocycles. The molecule has 2 heteroatoms. The number of hydrogen-bond acceptors (Lipinski definition) is 2. The van der Waals surface area contributed by atoms with Gasteiger partial charge in [0.25, 0.3) is 0 Å². The van der Waals surface area contributed by atoms with E-state index in [4.69, 9.17) is 4.74 Å². The average Bonchev–Trinajstić information content (AvgIpc) is 3.09. The van der Waals surface area contributed by atoms with Crippen LogP contribution in [-0.2, 0) is 16.2 Å². The molecule has 1 aromatic carbocycles. The lowest BCUT2D eigenvalue weighted by Gasteiger charge is -2.42. The Labute approximate surface area is 150 Å². The highest BCUT2D eigenvalue weighted by Crippen LogP contribution is 2.52. The number of fused-ring (bicyclic) bond motifs is 2. The van der Waals surface area contributed by atoms with Gasteiger partial charge < -0.3 is 4.74 Å². The van der Waals surface area contributed by atoms with Crippen LogP contribution in [0, 0.1) is 13.0 Å². The average molecular weight is 340 g/mol. The molecule has 0 fully saturated rings.